The molecule has 1 saturated heterocycles. The lowest BCUT2D eigenvalue weighted by Crippen LogP contribution is -2.43. The minimum atomic E-state index is -4.26. The van der Waals surface area contributed by atoms with Gasteiger partial charge >= 0.3 is 0 Å². The van der Waals surface area contributed by atoms with E-state index in [4.69, 9.17) is 9.47 Å². The molecule has 1 atom stereocenters. The van der Waals surface area contributed by atoms with Gasteiger partial charge in [-0.1, -0.05) is 39.0 Å². The van der Waals surface area contributed by atoms with Gasteiger partial charge in [0, 0.05) is 26.2 Å². The van der Waals surface area contributed by atoms with Crippen LogP contribution in [0.4, 0.5) is 0 Å². The van der Waals surface area contributed by atoms with Gasteiger partial charge in [0.1, 0.15) is 0 Å². The fourth-order valence-electron chi connectivity index (χ4n) is 2.59. The molecule has 7 heteroatoms. The fourth-order valence-corrected chi connectivity index (χ4v) is 3.24. The number of hydrogen-bond donors (Lipinski definition) is 0. The highest BCUT2D eigenvalue weighted by molar-refractivity contribution is 7.85. The van der Waals surface area contributed by atoms with Crippen LogP contribution < -0.4 is 0 Å². The summed E-state index contributed by atoms with van der Waals surface area (Å²) >= 11 is 0. The van der Waals surface area contributed by atoms with Gasteiger partial charge < -0.3 is 14.0 Å². The zero-order valence-electron chi connectivity index (χ0n) is 13.7. The highest BCUT2D eigenvalue weighted by atomic mass is 32.2. The molecule has 0 aromatic rings. The van der Waals surface area contributed by atoms with Crippen LogP contribution in [-0.4, -0.2) is 69.2 Å². The average Bonchev–Trinajstić information content (AvgIpc) is 2.45. The summed E-state index contributed by atoms with van der Waals surface area (Å²) in [5.74, 6) is -0.444. The number of ether oxygens (including phenoxy) is 2. The summed E-state index contributed by atoms with van der Waals surface area (Å²) in [4.78, 5) is 2.10. The van der Waals surface area contributed by atoms with Crippen molar-refractivity contribution in [1.29, 1.82) is 0 Å². The molecule has 0 amide bonds. The number of nitrogens with zero attached hydrogens (tertiary/aromatic N) is 1. The second-order valence-corrected chi connectivity index (χ2v) is 7.35. The summed E-state index contributed by atoms with van der Waals surface area (Å²) in [5, 5.41) is 0. The Kier molecular flexibility index (Phi) is 10.2. The molecule has 132 valence electrons. The topological polar surface area (TPSA) is 78.9 Å². The summed E-state index contributed by atoms with van der Waals surface area (Å²) < 4.78 is 44.0. The molecule has 0 aromatic heterocycles. The molecule has 6 nitrogen and oxygen atoms in total. The SMILES string of the molecule is CCCCCCCCOC(CN1CCOCC1)CS(=O)(=O)[O-]. The van der Waals surface area contributed by atoms with Gasteiger partial charge in [0.15, 0.2) is 0 Å². The zero-order chi connectivity index (χ0) is 16.3. The lowest BCUT2D eigenvalue weighted by molar-refractivity contribution is -0.00572. The van der Waals surface area contributed by atoms with E-state index in [-0.39, 0.29) is 0 Å². The number of unbranched alkanes of at least 4 members (excludes halogenated alkanes) is 5. The van der Waals surface area contributed by atoms with Gasteiger partial charge in [0.05, 0.1) is 35.2 Å². The maximum atomic E-state index is 11.0. The first-order valence-electron chi connectivity index (χ1n) is 8.36. The van der Waals surface area contributed by atoms with Crippen LogP contribution in [0.5, 0.6) is 0 Å². The van der Waals surface area contributed by atoms with Crippen LogP contribution in [0, 0.1) is 0 Å². The summed E-state index contributed by atoms with van der Waals surface area (Å²) in [6.07, 6.45) is 6.38. The minimum Gasteiger partial charge on any atom is -0.748 e. The average molecular weight is 336 g/mol. The van der Waals surface area contributed by atoms with E-state index in [0.29, 0.717) is 26.4 Å². The van der Waals surface area contributed by atoms with Crippen LogP contribution in [-0.2, 0) is 19.6 Å². The van der Waals surface area contributed by atoms with Crippen molar-refractivity contribution in [1.82, 2.24) is 4.90 Å². The molecule has 0 N–H and O–H groups in total. The van der Waals surface area contributed by atoms with Crippen LogP contribution in [0.25, 0.3) is 0 Å². The maximum absolute atomic E-state index is 11.0. The molecule has 0 aromatic carbocycles. The van der Waals surface area contributed by atoms with Crippen LogP contribution in [0.15, 0.2) is 0 Å². The fraction of sp³-hybridized carbons (Fsp3) is 1.00. The third-order valence-corrected chi connectivity index (χ3v) is 4.59. The van der Waals surface area contributed by atoms with Gasteiger partial charge in [-0.3, -0.25) is 4.90 Å². The quantitative estimate of drug-likeness (QED) is 0.398. The zero-order valence-corrected chi connectivity index (χ0v) is 14.5. The second kappa shape index (κ2) is 11.3. The summed E-state index contributed by atoms with van der Waals surface area (Å²) in [6.45, 7) is 6.01. The van der Waals surface area contributed by atoms with E-state index < -0.39 is 22.0 Å². The molecule has 0 saturated carbocycles. The van der Waals surface area contributed by atoms with E-state index in [1.165, 1.54) is 25.7 Å². The minimum absolute atomic E-state index is 0.444. The Bertz CT molecular complexity index is 368. The third kappa shape index (κ3) is 10.5. The Morgan fingerprint density at radius 3 is 2.41 bits per heavy atom. The number of morpholine rings is 1. The monoisotopic (exact) mass is 336 g/mol. The lowest BCUT2D eigenvalue weighted by atomic mass is 10.1. The first-order valence-corrected chi connectivity index (χ1v) is 9.94. The van der Waals surface area contributed by atoms with E-state index >= 15 is 0 Å². The number of rotatable bonds is 12. The van der Waals surface area contributed by atoms with E-state index in [1.54, 1.807) is 0 Å². The molecule has 0 radical (unpaired) electrons. The first-order chi connectivity index (χ1) is 10.5. The second-order valence-electron chi connectivity index (χ2n) is 5.90. The van der Waals surface area contributed by atoms with Crippen molar-refractivity contribution < 1.29 is 22.4 Å². The van der Waals surface area contributed by atoms with Crippen molar-refractivity contribution in [3.63, 3.8) is 0 Å². The molecular weight excluding hydrogens is 306 g/mol. The van der Waals surface area contributed by atoms with Crippen molar-refractivity contribution in [2.24, 2.45) is 0 Å². The normalized spacial score (nSPS) is 18.5. The Morgan fingerprint density at radius 2 is 1.77 bits per heavy atom. The maximum Gasteiger partial charge on any atom is 0.0972 e. The summed E-state index contributed by atoms with van der Waals surface area (Å²) in [6, 6.07) is 0. The molecule has 22 heavy (non-hydrogen) atoms. The lowest BCUT2D eigenvalue weighted by Gasteiger charge is -2.30. The van der Waals surface area contributed by atoms with Gasteiger partial charge in [0.2, 0.25) is 0 Å². The van der Waals surface area contributed by atoms with E-state index in [9.17, 15) is 13.0 Å². The van der Waals surface area contributed by atoms with Crippen molar-refractivity contribution >= 4 is 10.1 Å². The summed E-state index contributed by atoms with van der Waals surface area (Å²) in [5.41, 5.74) is 0. The van der Waals surface area contributed by atoms with E-state index in [0.717, 1.165) is 25.9 Å². The Balaban J connectivity index is 2.25. The molecule has 1 aliphatic heterocycles. The standard InChI is InChI=1S/C15H31NO5S/c1-2-3-4-5-6-7-10-21-15(14-22(17,18)19)13-16-8-11-20-12-9-16/h15H,2-14H2,1H3,(H,17,18,19)/p-1. The Hall–Kier alpha value is -0.210. The smallest absolute Gasteiger partial charge is 0.0972 e. The Labute approximate surface area is 134 Å². The van der Waals surface area contributed by atoms with Crippen LogP contribution in [0.2, 0.25) is 0 Å². The van der Waals surface area contributed by atoms with Crippen LogP contribution in [0.3, 0.4) is 0 Å². The van der Waals surface area contributed by atoms with Gasteiger partial charge in [-0.25, -0.2) is 8.42 Å². The van der Waals surface area contributed by atoms with Crippen molar-refractivity contribution in [2.45, 2.75) is 51.6 Å². The third-order valence-electron chi connectivity index (χ3n) is 3.81. The van der Waals surface area contributed by atoms with Gasteiger partial charge in [-0.15, -0.1) is 0 Å². The van der Waals surface area contributed by atoms with Crippen molar-refractivity contribution in [3.8, 4) is 0 Å². The van der Waals surface area contributed by atoms with E-state index in [2.05, 4.69) is 11.8 Å². The molecule has 0 aliphatic carbocycles. The predicted octanol–water partition coefficient (Wildman–Crippen LogP) is 1.61. The molecule has 0 spiro atoms. The molecule has 0 bridgehead atoms. The highest BCUT2D eigenvalue weighted by Crippen LogP contribution is 2.08. The number of hydrogen-bond acceptors (Lipinski definition) is 6. The van der Waals surface area contributed by atoms with Gasteiger partial charge in [-0.05, 0) is 6.42 Å². The van der Waals surface area contributed by atoms with Gasteiger partial charge in [0.25, 0.3) is 0 Å². The largest absolute Gasteiger partial charge is 0.748 e. The molecule has 1 heterocycles. The van der Waals surface area contributed by atoms with Crippen LogP contribution >= 0.6 is 0 Å². The highest BCUT2D eigenvalue weighted by Gasteiger charge is 2.19. The summed E-state index contributed by atoms with van der Waals surface area (Å²) in [7, 11) is -4.26. The van der Waals surface area contributed by atoms with Crippen molar-refractivity contribution in [2.75, 3.05) is 45.2 Å². The molecule has 1 fully saturated rings. The molecular formula is C15H30NO5S-. The molecule has 1 aliphatic rings. The van der Waals surface area contributed by atoms with E-state index in [1.807, 2.05) is 0 Å². The molecule has 1 unspecified atom stereocenters. The van der Waals surface area contributed by atoms with Crippen LogP contribution in [0.1, 0.15) is 45.4 Å². The molecule has 1 rings (SSSR count). The van der Waals surface area contributed by atoms with Gasteiger partial charge in [-0.2, -0.15) is 0 Å². The predicted molar refractivity (Wildman–Crippen MR) is 84.9 cm³/mol. The van der Waals surface area contributed by atoms with Crippen molar-refractivity contribution in [3.05, 3.63) is 0 Å². The first kappa shape index (κ1) is 19.8. The Morgan fingerprint density at radius 1 is 1.14 bits per heavy atom.